The second kappa shape index (κ2) is 10.2. The van der Waals surface area contributed by atoms with E-state index in [0.29, 0.717) is 43.4 Å². The number of carbonyl (C=O) groups is 1. The topological polar surface area (TPSA) is 72.4 Å². The molecule has 2 aromatic carbocycles. The van der Waals surface area contributed by atoms with E-state index in [2.05, 4.69) is 10.5 Å². The van der Waals surface area contributed by atoms with Crippen molar-refractivity contribution in [3.8, 4) is 11.5 Å². The number of anilines is 1. The average molecular weight is 437 g/mol. The number of morpholine rings is 1. The van der Waals surface area contributed by atoms with Crippen LogP contribution in [0.25, 0.3) is 0 Å². The molecular weight excluding hydrogens is 415 g/mol. The SMILES string of the molecule is COc1cc(/C=N/Nc2ccccc2C(F)(F)F)ccc1OCC(=O)N1CCOCC1. The number of hydrogen-bond acceptors (Lipinski definition) is 6. The molecule has 1 N–H and O–H groups in total. The zero-order chi connectivity index (χ0) is 22.3. The molecule has 31 heavy (non-hydrogen) atoms. The Morgan fingerprint density at radius 2 is 1.94 bits per heavy atom. The normalized spacial score (nSPS) is 14.5. The Labute approximate surface area is 177 Å². The Morgan fingerprint density at radius 3 is 2.65 bits per heavy atom. The largest absolute Gasteiger partial charge is 0.493 e. The van der Waals surface area contributed by atoms with Crippen molar-refractivity contribution < 1.29 is 32.2 Å². The van der Waals surface area contributed by atoms with Gasteiger partial charge in [-0.1, -0.05) is 12.1 Å². The minimum atomic E-state index is -4.49. The van der Waals surface area contributed by atoms with Gasteiger partial charge in [0.2, 0.25) is 0 Å². The molecule has 0 unspecified atom stereocenters. The first kappa shape index (κ1) is 22.4. The summed E-state index contributed by atoms with van der Waals surface area (Å²) in [5.41, 5.74) is 2.02. The Morgan fingerprint density at radius 1 is 1.19 bits per heavy atom. The molecule has 0 aromatic heterocycles. The number of hydrogen-bond donors (Lipinski definition) is 1. The fraction of sp³-hybridized carbons (Fsp3) is 0.333. The predicted molar refractivity (Wildman–Crippen MR) is 109 cm³/mol. The van der Waals surface area contributed by atoms with Crippen molar-refractivity contribution in [2.24, 2.45) is 5.10 Å². The van der Waals surface area contributed by atoms with E-state index in [9.17, 15) is 18.0 Å². The van der Waals surface area contributed by atoms with E-state index < -0.39 is 11.7 Å². The van der Waals surface area contributed by atoms with E-state index in [4.69, 9.17) is 14.2 Å². The lowest BCUT2D eigenvalue weighted by Crippen LogP contribution is -2.43. The number of benzene rings is 2. The Bertz CT molecular complexity index is 928. The third kappa shape index (κ3) is 6.11. The maximum Gasteiger partial charge on any atom is 0.418 e. The second-order valence-electron chi connectivity index (χ2n) is 6.61. The molecule has 10 heteroatoms. The summed E-state index contributed by atoms with van der Waals surface area (Å²) in [6.07, 6.45) is -3.13. The molecule has 1 amide bonds. The van der Waals surface area contributed by atoms with Gasteiger partial charge in [0.05, 0.1) is 37.8 Å². The quantitative estimate of drug-likeness (QED) is 0.531. The highest BCUT2D eigenvalue weighted by molar-refractivity contribution is 5.82. The molecule has 0 aliphatic carbocycles. The van der Waals surface area contributed by atoms with Gasteiger partial charge >= 0.3 is 6.18 Å². The maximum atomic E-state index is 13.0. The van der Waals surface area contributed by atoms with Gasteiger partial charge in [-0.3, -0.25) is 10.2 Å². The Kier molecular flexibility index (Phi) is 7.35. The third-order valence-electron chi connectivity index (χ3n) is 4.53. The number of nitrogens with one attached hydrogen (secondary N) is 1. The van der Waals surface area contributed by atoms with Gasteiger partial charge in [-0.05, 0) is 35.9 Å². The van der Waals surface area contributed by atoms with Gasteiger partial charge < -0.3 is 19.1 Å². The van der Waals surface area contributed by atoms with E-state index in [1.807, 2.05) is 0 Å². The van der Waals surface area contributed by atoms with Crippen LogP contribution in [0.5, 0.6) is 11.5 Å². The number of amides is 1. The van der Waals surface area contributed by atoms with Crippen LogP contribution < -0.4 is 14.9 Å². The van der Waals surface area contributed by atoms with Crippen molar-refractivity contribution in [1.29, 1.82) is 0 Å². The van der Waals surface area contributed by atoms with Crippen LogP contribution in [0.3, 0.4) is 0 Å². The molecule has 3 rings (SSSR count). The van der Waals surface area contributed by atoms with Crippen LogP contribution in [-0.4, -0.2) is 57.0 Å². The number of halogens is 3. The summed E-state index contributed by atoms with van der Waals surface area (Å²) in [6, 6.07) is 9.93. The van der Waals surface area contributed by atoms with Crippen LogP contribution in [0.2, 0.25) is 0 Å². The summed E-state index contributed by atoms with van der Waals surface area (Å²) in [4.78, 5) is 13.9. The number of carbonyl (C=O) groups excluding carboxylic acids is 1. The van der Waals surface area contributed by atoms with Gasteiger partial charge in [-0.2, -0.15) is 18.3 Å². The number of hydrazone groups is 1. The van der Waals surface area contributed by atoms with Crippen LogP contribution in [0.1, 0.15) is 11.1 Å². The van der Waals surface area contributed by atoms with Crippen molar-refractivity contribution in [3.05, 3.63) is 53.6 Å². The van der Waals surface area contributed by atoms with Gasteiger partial charge in [0.1, 0.15) is 0 Å². The molecule has 0 atom stereocenters. The molecule has 1 saturated heterocycles. The van der Waals surface area contributed by atoms with E-state index in [1.165, 1.54) is 31.5 Å². The lowest BCUT2D eigenvalue weighted by Gasteiger charge is -2.26. The summed E-state index contributed by atoms with van der Waals surface area (Å²) in [5, 5.41) is 3.88. The summed E-state index contributed by atoms with van der Waals surface area (Å²) in [5.74, 6) is 0.592. The standard InChI is InChI=1S/C21H22F3N3O4/c1-29-19-12-15(13-25-26-17-5-3-2-4-16(17)21(22,23)24)6-7-18(19)31-14-20(28)27-8-10-30-11-9-27/h2-7,12-13,26H,8-11,14H2,1H3/b25-13+. The molecular formula is C21H22F3N3O4. The average Bonchev–Trinajstić information content (AvgIpc) is 2.78. The van der Waals surface area contributed by atoms with Crippen molar-refractivity contribution in [2.45, 2.75) is 6.18 Å². The zero-order valence-electron chi connectivity index (χ0n) is 16.8. The first-order chi connectivity index (χ1) is 14.9. The highest BCUT2D eigenvalue weighted by Crippen LogP contribution is 2.34. The fourth-order valence-electron chi connectivity index (χ4n) is 2.93. The summed E-state index contributed by atoms with van der Waals surface area (Å²) in [7, 11) is 1.45. The van der Waals surface area contributed by atoms with E-state index in [1.54, 1.807) is 23.1 Å². The van der Waals surface area contributed by atoms with Crippen LogP contribution in [0.15, 0.2) is 47.6 Å². The van der Waals surface area contributed by atoms with Crippen molar-refractivity contribution in [1.82, 2.24) is 4.90 Å². The molecule has 0 bridgehead atoms. The van der Waals surface area contributed by atoms with E-state index in [-0.39, 0.29) is 18.2 Å². The highest BCUT2D eigenvalue weighted by atomic mass is 19.4. The molecule has 0 radical (unpaired) electrons. The lowest BCUT2D eigenvalue weighted by atomic mass is 10.2. The van der Waals surface area contributed by atoms with Crippen LogP contribution in [0, 0.1) is 0 Å². The minimum Gasteiger partial charge on any atom is -0.493 e. The van der Waals surface area contributed by atoms with E-state index >= 15 is 0 Å². The van der Waals surface area contributed by atoms with Crippen LogP contribution in [0.4, 0.5) is 18.9 Å². The molecule has 1 aliphatic heterocycles. The zero-order valence-corrected chi connectivity index (χ0v) is 16.8. The number of para-hydroxylation sites is 1. The number of ether oxygens (including phenoxy) is 3. The fourth-order valence-corrected chi connectivity index (χ4v) is 2.93. The molecule has 1 fully saturated rings. The van der Waals surface area contributed by atoms with Gasteiger partial charge in [-0.15, -0.1) is 0 Å². The molecule has 166 valence electrons. The van der Waals surface area contributed by atoms with Gasteiger partial charge in [0.25, 0.3) is 5.91 Å². The summed E-state index contributed by atoms with van der Waals surface area (Å²) in [6.45, 7) is 1.92. The maximum absolute atomic E-state index is 13.0. The first-order valence-corrected chi connectivity index (χ1v) is 9.50. The highest BCUT2D eigenvalue weighted by Gasteiger charge is 2.33. The number of nitrogens with zero attached hydrogens (tertiary/aromatic N) is 2. The van der Waals surface area contributed by atoms with Crippen molar-refractivity contribution in [2.75, 3.05) is 45.4 Å². The van der Waals surface area contributed by atoms with Gasteiger partial charge in [0, 0.05) is 13.1 Å². The van der Waals surface area contributed by atoms with Crippen molar-refractivity contribution in [3.63, 3.8) is 0 Å². The third-order valence-corrected chi connectivity index (χ3v) is 4.53. The molecule has 0 spiro atoms. The molecule has 1 heterocycles. The lowest BCUT2D eigenvalue weighted by molar-refractivity contribution is -0.137. The number of alkyl halides is 3. The second-order valence-corrected chi connectivity index (χ2v) is 6.61. The number of methoxy groups -OCH3 is 1. The summed E-state index contributed by atoms with van der Waals surface area (Å²) < 4.78 is 55.2. The van der Waals surface area contributed by atoms with Gasteiger partial charge in [0.15, 0.2) is 18.1 Å². The monoisotopic (exact) mass is 437 g/mol. The molecule has 0 saturated carbocycles. The van der Waals surface area contributed by atoms with Crippen molar-refractivity contribution >= 4 is 17.8 Å². The molecule has 2 aromatic rings. The van der Waals surface area contributed by atoms with E-state index in [0.717, 1.165) is 6.07 Å². The number of rotatable bonds is 7. The van der Waals surface area contributed by atoms with Gasteiger partial charge in [-0.25, -0.2) is 0 Å². The smallest absolute Gasteiger partial charge is 0.418 e. The first-order valence-electron chi connectivity index (χ1n) is 9.50. The predicted octanol–water partition coefficient (Wildman–Crippen LogP) is 3.40. The minimum absolute atomic E-state index is 0.139. The summed E-state index contributed by atoms with van der Waals surface area (Å²) >= 11 is 0. The van der Waals surface area contributed by atoms with Crippen LogP contribution in [-0.2, 0) is 15.7 Å². The molecule has 1 aliphatic rings. The Balaban J connectivity index is 1.63. The Hall–Kier alpha value is -3.27. The van der Waals surface area contributed by atoms with Crippen LogP contribution >= 0.6 is 0 Å². The molecule has 7 nitrogen and oxygen atoms in total.